The summed E-state index contributed by atoms with van der Waals surface area (Å²) < 4.78 is 5.31. The summed E-state index contributed by atoms with van der Waals surface area (Å²) in [5, 5.41) is 6.66. The van der Waals surface area contributed by atoms with Gasteiger partial charge in [0.25, 0.3) is 0 Å². The fourth-order valence-corrected chi connectivity index (χ4v) is 1.94. The normalized spacial score (nSPS) is 11.7. The van der Waals surface area contributed by atoms with E-state index in [0.717, 1.165) is 58.3 Å². The van der Waals surface area contributed by atoms with E-state index in [1.165, 1.54) is 0 Å². The van der Waals surface area contributed by atoms with Crippen LogP contribution in [-0.4, -0.2) is 62.8 Å². The summed E-state index contributed by atoms with van der Waals surface area (Å²) in [6.45, 7) is 17.1. The van der Waals surface area contributed by atoms with Gasteiger partial charge in [0.2, 0.25) is 0 Å². The number of nitrogens with one attached hydrogen (secondary N) is 2. The van der Waals surface area contributed by atoms with Gasteiger partial charge in [0.05, 0.1) is 0 Å². The van der Waals surface area contributed by atoms with Gasteiger partial charge in [-0.15, -0.1) is 24.0 Å². The van der Waals surface area contributed by atoms with Crippen LogP contribution in [0.2, 0.25) is 0 Å². The lowest BCUT2D eigenvalue weighted by atomic mass is 10.3. The SMILES string of the molecule is CCNC(=NCCCOCC)NCCN(CC)C(C)C.I. The molecule has 0 aliphatic carbocycles. The molecule has 0 radical (unpaired) electrons. The van der Waals surface area contributed by atoms with Crippen LogP contribution in [0.3, 0.4) is 0 Å². The number of likely N-dealkylation sites (N-methyl/N-ethyl adjacent to an activating group) is 1. The van der Waals surface area contributed by atoms with Crippen molar-refractivity contribution < 1.29 is 4.74 Å². The number of hydrogen-bond donors (Lipinski definition) is 2. The molecule has 0 saturated heterocycles. The largest absolute Gasteiger partial charge is 0.382 e. The Balaban J connectivity index is 0. The Kier molecular flexibility index (Phi) is 18.0. The molecule has 0 aliphatic rings. The van der Waals surface area contributed by atoms with E-state index in [4.69, 9.17) is 4.74 Å². The first-order valence-electron chi connectivity index (χ1n) is 7.99. The first-order chi connectivity index (χ1) is 9.65. The fraction of sp³-hybridized carbons (Fsp3) is 0.933. The molecule has 21 heavy (non-hydrogen) atoms. The fourth-order valence-electron chi connectivity index (χ4n) is 1.94. The molecule has 0 rings (SSSR count). The third-order valence-electron chi connectivity index (χ3n) is 3.09. The second-order valence-electron chi connectivity index (χ2n) is 4.96. The molecule has 0 bridgehead atoms. The van der Waals surface area contributed by atoms with Crippen molar-refractivity contribution in [1.29, 1.82) is 0 Å². The standard InChI is InChI=1S/C15H34N4O.HI/c1-6-16-15(17-10-9-13-20-8-3)18-11-12-19(7-2)14(4)5;/h14H,6-13H2,1-5H3,(H2,16,17,18);1H. The summed E-state index contributed by atoms with van der Waals surface area (Å²) in [5.41, 5.74) is 0. The summed E-state index contributed by atoms with van der Waals surface area (Å²) in [7, 11) is 0. The van der Waals surface area contributed by atoms with Crippen molar-refractivity contribution in [2.24, 2.45) is 4.99 Å². The predicted molar refractivity (Wildman–Crippen MR) is 103 cm³/mol. The van der Waals surface area contributed by atoms with Gasteiger partial charge in [0.1, 0.15) is 0 Å². The molecule has 128 valence electrons. The molecule has 0 aromatic rings. The van der Waals surface area contributed by atoms with Gasteiger partial charge in [-0.05, 0) is 40.7 Å². The number of hydrogen-bond acceptors (Lipinski definition) is 3. The second-order valence-corrected chi connectivity index (χ2v) is 4.96. The first kappa shape index (κ1) is 23.2. The van der Waals surface area contributed by atoms with E-state index in [1.807, 2.05) is 6.92 Å². The van der Waals surface area contributed by atoms with Crippen molar-refractivity contribution in [2.75, 3.05) is 45.9 Å². The Morgan fingerprint density at radius 1 is 1.19 bits per heavy atom. The lowest BCUT2D eigenvalue weighted by molar-refractivity contribution is 0.146. The topological polar surface area (TPSA) is 48.9 Å². The van der Waals surface area contributed by atoms with Crippen LogP contribution < -0.4 is 10.6 Å². The van der Waals surface area contributed by atoms with Gasteiger partial charge in [0, 0.05) is 45.4 Å². The minimum absolute atomic E-state index is 0. The molecule has 5 nitrogen and oxygen atoms in total. The zero-order valence-electron chi connectivity index (χ0n) is 14.4. The summed E-state index contributed by atoms with van der Waals surface area (Å²) in [6, 6.07) is 0.590. The van der Waals surface area contributed by atoms with Gasteiger partial charge in [0.15, 0.2) is 5.96 Å². The van der Waals surface area contributed by atoms with Crippen molar-refractivity contribution in [3.63, 3.8) is 0 Å². The van der Waals surface area contributed by atoms with Crippen molar-refractivity contribution in [3.8, 4) is 0 Å². The maximum atomic E-state index is 5.31. The van der Waals surface area contributed by atoms with E-state index >= 15 is 0 Å². The maximum Gasteiger partial charge on any atom is 0.191 e. The van der Waals surface area contributed by atoms with Crippen LogP contribution in [0.4, 0.5) is 0 Å². The number of ether oxygens (including phenoxy) is 1. The molecule has 0 heterocycles. The van der Waals surface area contributed by atoms with Crippen molar-refractivity contribution in [1.82, 2.24) is 15.5 Å². The third kappa shape index (κ3) is 13.3. The smallest absolute Gasteiger partial charge is 0.191 e. The molecule has 2 N–H and O–H groups in total. The van der Waals surface area contributed by atoms with Crippen molar-refractivity contribution in [2.45, 2.75) is 47.1 Å². The lowest BCUT2D eigenvalue weighted by Crippen LogP contribution is -2.43. The van der Waals surface area contributed by atoms with Crippen LogP contribution in [0.15, 0.2) is 4.99 Å². The summed E-state index contributed by atoms with van der Waals surface area (Å²) in [4.78, 5) is 6.98. The molecule has 0 fully saturated rings. The Morgan fingerprint density at radius 3 is 2.43 bits per heavy atom. The molecular formula is C15H35IN4O. The van der Waals surface area contributed by atoms with Gasteiger partial charge in [-0.1, -0.05) is 6.92 Å². The molecule has 0 aromatic heterocycles. The maximum absolute atomic E-state index is 5.31. The Morgan fingerprint density at radius 2 is 1.90 bits per heavy atom. The number of nitrogens with zero attached hydrogens (tertiary/aromatic N) is 2. The highest BCUT2D eigenvalue weighted by atomic mass is 127. The van der Waals surface area contributed by atoms with E-state index in [2.05, 4.69) is 48.2 Å². The highest BCUT2D eigenvalue weighted by molar-refractivity contribution is 14.0. The van der Waals surface area contributed by atoms with Crippen LogP contribution in [0.5, 0.6) is 0 Å². The second kappa shape index (κ2) is 16.3. The number of aliphatic imine (C=N–C) groups is 1. The first-order valence-corrected chi connectivity index (χ1v) is 7.99. The summed E-state index contributed by atoms with van der Waals surface area (Å²) in [5.74, 6) is 0.906. The lowest BCUT2D eigenvalue weighted by Gasteiger charge is -2.25. The summed E-state index contributed by atoms with van der Waals surface area (Å²) >= 11 is 0. The molecule has 6 heteroatoms. The van der Waals surface area contributed by atoms with Crippen LogP contribution in [0.1, 0.15) is 41.0 Å². The minimum Gasteiger partial charge on any atom is -0.382 e. The summed E-state index contributed by atoms with van der Waals surface area (Å²) in [6.07, 6.45) is 0.970. The predicted octanol–water partition coefficient (Wildman–Crippen LogP) is 2.32. The van der Waals surface area contributed by atoms with Gasteiger partial charge < -0.3 is 15.4 Å². The molecule has 0 aliphatic heterocycles. The Hall–Kier alpha value is -0.0800. The quantitative estimate of drug-likeness (QED) is 0.236. The van der Waals surface area contributed by atoms with Gasteiger partial charge in [-0.2, -0.15) is 0 Å². The Labute approximate surface area is 148 Å². The van der Waals surface area contributed by atoms with Crippen LogP contribution in [-0.2, 0) is 4.74 Å². The van der Waals surface area contributed by atoms with Crippen molar-refractivity contribution in [3.05, 3.63) is 0 Å². The Bertz CT molecular complexity index is 250. The highest BCUT2D eigenvalue weighted by Crippen LogP contribution is 1.95. The molecule has 0 unspecified atom stereocenters. The molecule has 0 spiro atoms. The number of rotatable bonds is 11. The number of guanidine groups is 1. The molecule has 0 saturated carbocycles. The minimum atomic E-state index is 0. The van der Waals surface area contributed by atoms with Crippen molar-refractivity contribution >= 4 is 29.9 Å². The van der Waals surface area contributed by atoms with E-state index in [1.54, 1.807) is 0 Å². The van der Waals surface area contributed by atoms with E-state index in [-0.39, 0.29) is 24.0 Å². The van der Waals surface area contributed by atoms with E-state index in [0.29, 0.717) is 6.04 Å². The van der Waals surface area contributed by atoms with Gasteiger partial charge in [-0.3, -0.25) is 9.89 Å². The number of halogens is 1. The van der Waals surface area contributed by atoms with Crippen LogP contribution in [0, 0.1) is 0 Å². The monoisotopic (exact) mass is 414 g/mol. The van der Waals surface area contributed by atoms with E-state index in [9.17, 15) is 0 Å². The highest BCUT2D eigenvalue weighted by Gasteiger charge is 2.06. The molecule has 0 amide bonds. The van der Waals surface area contributed by atoms with Gasteiger partial charge >= 0.3 is 0 Å². The van der Waals surface area contributed by atoms with Gasteiger partial charge in [-0.25, -0.2) is 0 Å². The van der Waals surface area contributed by atoms with E-state index < -0.39 is 0 Å². The average molecular weight is 414 g/mol. The average Bonchev–Trinajstić information content (AvgIpc) is 2.42. The van der Waals surface area contributed by atoms with Crippen LogP contribution in [0.25, 0.3) is 0 Å². The molecular weight excluding hydrogens is 379 g/mol. The third-order valence-corrected chi connectivity index (χ3v) is 3.09. The zero-order valence-corrected chi connectivity index (χ0v) is 16.8. The molecule has 0 aromatic carbocycles. The molecule has 0 atom stereocenters. The van der Waals surface area contributed by atoms with Crippen LogP contribution >= 0.6 is 24.0 Å². The zero-order chi connectivity index (χ0) is 15.2.